The SMILES string of the molecule is CC(C)CC(=O)c1cccc(-c2cc(F)c(O)c(C=O)c2)c1. The predicted octanol–water partition coefficient (Wildman–Crippen LogP) is 4.24. The van der Waals surface area contributed by atoms with Gasteiger partial charge in [-0.1, -0.05) is 32.0 Å². The predicted molar refractivity (Wildman–Crippen MR) is 82.7 cm³/mol. The highest BCUT2D eigenvalue weighted by Gasteiger charge is 2.13. The summed E-state index contributed by atoms with van der Waals surface area (Å²) in [7, 11) is 0. The largest absolute Gasteiger partial charge is 0.504 e. The molecule has 2 rings (SSSR count). The number of aldehydes is 1. The first-order chi connectivity index (χ1) is 10.4. The van der Waals surface area contributed by atoms with Crippen LogP contribution < -0.4 is 0 Å². The van der Waals surface area contributed by atoms with Crippen LogP contribution in [0.1, 0.15) is 41.0 Å². The molecule has 0 spiro atoms. The molecule has 0 saturated carbocycles. The maximum atomic E-state index is 13.7. The summed E-state index contributed by atoms with van der Waals surface area (Å²) >= 11 is 0. The van der Waals surface area contributed by atoms with E-state index in [0.717, 1.165) is 6.07 Å². The van der Waals surface area contributed by atoms with Crippen molar-refractivity contribution in [2.24, 2.45) is 5.92 Å². The summed E-state index contributed by atoms with van der Waals surface area (Å²) in [6.07, 6.45) is 0.836. The quantitative estimate of drug-likeness (QED) is 0.663. The van der Waals surface area contributed by atoms with Gasteiger partial charge in [-0.15, -0.1) is 0 Å². The van der Waals surface area contributed by atoms with Gasteiger partial charge in [-0.3, -0.25) is 9.59 Å². The molecule has 0 unspecified atom stereocenters. The van der Waals surface area contributed by atoms with Crippen molar-refractivity contribution in [1.29, 1.82) is 0 Å². The van der Waals surface area contributed by atoms with E-state index in [1.54, 1.807) is 24.3 Å². The lowest BCUT2D eigenvalue weighted by Gasteiger charge is -2.08. The zero-order valence-electron chi connectivity index (χ0n) is 12.5. The lowest BCUT2D eigenvalue weighted by molar-refractivity contribution is 0.0967. The number of aromatic hydroxyl groups is 1. The second kappa shape index (κ2) is 6.52. The summed E-state index contributed by atoms with van der Waals surface area (Å²) in [4.78, 5) is 23.0. The Balaban J connectivity index is 2.44. The topological polar surface area (TPSA) is 54.4 Å². The van der Waals surface area contributed by atoms with Gasteiger partial charge in [0.2, 0.25) is 0 Å². The van der Waals surface area contributed by atoms with Crippen molar-refractivity contribution < 1.29 is 19.1 Å². The summed E-state index contributed by atoms with van der Waals surface area (Å²) in [5.74, 6) is -1.25. The third kappa shape index (κ3) is 3.39. The minimum atomic E-state index is -0.862. The molecule has 0 radical (unpaired) electrons. The van der Waals surface area contributed by atoms with E-state index in [1.807, 2.05) is 13.8 Å². The fraction of sp³-hybridized carbons (Fsp3) is 0.222. The van der Waals surface area contributed by atoms with E-state index in [9.17, 15) is 19.1 Å². The van der Waals surface area contributed by atoms with Crippen molar-refractivity contribution in [3.63, 3.8) is 0 Å². The molecule has 0 bridgehead atoms. The number of halogens is 1. The molecule has 0 aliphatic heterocycles. The molecular weight excluding hydrogens is 283 g/mol. The Hall–Kier alpha value is -2.49. The minimum absolute atomic E-state index is 0.0201. The molecule has 0 aliphatic carbocycles. The first-order valence-electron chi connectivity index (χ1n) is 7.03. The van der Waals surface area contributed by atoms with Gasteiger partial charge < -0.3 is 5.11 Å². The van der Waals surface area contributed by atoms with E-state index in [0.29, 0.717) is 29.4 Å². The summed E-state index contributed by atoms with van der Waals surface area (Å²) < 4.78 is 13.7. The fourth-order valence-electron chi connectivity index (χ4n) is 2.24. The van der Waals surface area contributed by atoms with E-state index in [-0.39, 0.29) is 17.3 Å². The van der Waals surface area contributed by atoms with E-state index in [4.69, 9.17) is 0 Å². The highest BCUT2D eigenvalue weighted by atomic mass is 19.1. The Morgan fingerprint density at radius 3 is 2.59 bits per heavy atom. The summed E-state index contributed by atoms with van der Waals surface area (Å²) in [5, 5.41) is 9.45. The second-order valence-corrected chi connectivity index (χ2v) is 5.62. The molecule has 1 N–H and O–H groups in total. The second-order valence-electron chi connectivity index (χ2n) is 5.62. The van der Waals surface area contributed by atoms with Gasteiger partial charge >= 0.3 is 0 Å². The van der Waals surface area contributed by atoms with Crippen molar-refractivity contribution in [2.75, 3.05) is 0 Å². The van der Waals surface area contributed by atoms with Crippen molar-refractivity contribution >= 4 is 12.1 Å². The van der Waals surface area contributed by atoms with Gasteiger partial charge in [-0.25, -0.2) is 4.39 Å². The van der Waals surface area contributed by atoms with Crippen LogP contribution in [0.2, 0.25) is 0 Å². The first kappa shape index (κ1) is 15.9. The highest BCUT2D eigenvalue weighted by molar-refractivity contribution is 5.97. The van der Waals surface area contributed by atoms with Crippen LogP contribution >= 0.6 is 0 Å². The maximum absolute atomic E-state index is 13.7. The zero-order chi connectivity index (χ0) is 16.3. The number of hydrogen-bond acceptors (Lipinski definition) is 3. The molecule has 3 nitrogen and oxygen atoms in total. The first-order valence-corrected chi connectivity index (χ1v) is 7.03. The molecule has 114 valence electrons. The van der Waals surface area contributed by atoms with Gasteiger partial charge in [0.15, 0.2) is 23.6 Å². The summed E-state index contributed by atoms with van der Waals surface area (Å²) in [6, 6.07) is 9.38. The van der Waals surface area contributed by atoms with Gasteiger partial charge in [-0.05, 0) is 35.2 Å². The molecule has 0 saturated heterocycles. The smallest absolute Gasteiger partial charge is 0.166 e. The van der Waals surface area contributed by atoms with Crippen LogP contribution in [-0.4, -0.2) is 17.2 Å². The number of hydrogen-bond donors (Lipinski definition) is 1. The van der Waals surface area contributed by atoms with Gasteiger partial charge in [0.25, 0.3) is 0 Å². The van der Waals surface area contributed by atoms with E-state index >= 15 is 0 Å². The monoisotopic (exact) mass is 300 g/mol. The van der Waals surface area contributed by atoms with E-state index in [2.05, 4.69) is 0 Å². The Labute approximate surface area is 128 Å². The van der Waals surface area contributed by atoms with Gasteiger partial charge in [-0.2, -0.15) is 0 Å². The van der Waals surface area contributed by atoms with Crippen molar-refractivity contribution in [2.45, 2.75) is 20.3 Å². The third-order valence-corrected chi connectivity index (χ3v) is 3.33. The van der Waals surface area contributed by atoms with Crippen LogP contribution in [0.5, 0.6) is 5.75 Å². The Morgan fingerprint density at radius 1 is 1.23 bits per heavy atom. The molecule has 0 fully saturated rings. The standard InChI is InChI=1S/C18H17FO3/c1-11(2)6-17(21)13-5-3-4-12(7-13)14-8-15(10-20)18(22)16(19)9-14/h3-5,7-11,22H,6H2,1-2H3. The van der Waals surface area contributed by atoms with Gasteiger partial charge in [0.1, 0.15) is 0 Å². The molecule has 0 aromatic heterocycles. The minimum Gasteiger partial charge on any atom is -0.504 e. The number of carbonyl (C=O) groups is 2. The number of rotatable bonds is 5. The lowest BCUT2D eigenvalue weighted by Crippen LogP contribution is -2.03. The Morgan fingerprint density at radius 2 is 1.95 bits per heavy atom. The van der Waals surface area contributed by atoms with Gasteiger partial charge in [0.05, 0.1) is 5.56 Å². The molecular formula is C18H17FO3. The molecule has 2 aromatic carbocycles. The molecule has 0 atom stereocenters. The van der Waals surface area contributed by atoms with Crippen LogP contribution in [0.3, 0.4) is 0 Å². The number of phenolic OH excluding ortho intramolecular Hbond substituents is 1. The molecule has 0 heterocycles. The molecule has 4 heteroatoms. The summed E-state index contributed by atoms with van der Waals surface area (Å²) in [5.41, 5.74) is 1.49. The number of phenols is 1. The maximum Gasteiger partial charge on any atom is 0.166 e. The Bertz CT molecular complexity index is 720. The number of benzene rings is 2. The molecule has 22 heavy (non-hydrogen) atoms. The van der Waals surface area contributed by atoms with Crippen LogP contribution in [0.15, 0.2) is 36.4 Å². The van der Waals surface area contributed by atoms with Crippen LogP contribution in [0.4, 0.5) is 4.39 Å². The third-order valence-electron chi connectivity index (χ3n) is 3.33. The molecule has 0 amide bonds. The highest BCUT2D eigenvalue weighted by Crippen LogP contribution is 2.29. The van der Waals surface area contributed by atoms with Crippen molar-refractivity contribution in [3.8, 4) is 16.9 Å². The number of ketones is 1. The van der Waals surface area contributed by atoms with Crippen molar-refractivity contribution in [3.05, 3.63) is 53.3 Å². The number of carbonyl (C=O) groups excluding carboxylic acids is 2. The molecule has 0 aliphatic rings. The Kier molecular flexibility index (Phi) is 4.71. The number of Topliss-reactive ketones (excluding diaryl/α,β-unsaturated/α-hetero) is 1. The van der Waals surface area contributed by atoms with Crippen molar-refractivity contribution in [1.82, 2.24) is 0 Å². The fourth-order valence-corrected chi connectivity index (χ4v) is 2.24. The van der Waals surface area contributed by atoms with Crippen LogP contribution in [0.25, 0.3) is 11.1 Å². The van der Waals surface area contributed by atoms with Crippen LogP contribution in [0, 0.1) is 11.7 Å². The zero-order valence-corrected chi connectivity index (χ0v) is 12.5. The van der Waals surface area contributed by atoms with E-state index in [1.165, 1.54) is 6.07 Å². The normalized spacial score (nSPS) is 10.7. The van der Waals surface area contributed by atoms with Gasteiger partial charge in [0, 0.05) is 12.0 Å². The van der Waals surface area contributed by atoms with Crippen LogP contribution in [-0.2, 0) is 0 Å². The summed E-state index contributed by atoms with van der Waals surface area (Å²) in [6.45, 7) is 3.93. The average molecular weight is 300 g/mol. The molecule has 2 aromatic rings. The van der Waals surface area contributed by atoms with E-state index < -0.39 is 11.6 Å². The lowest BCUT2D eigenvalue weighted by atomic mass is 9.96. The average Bonchev–Trinajstić information content (AvgIpc) is 2.49.